The molecule has 1 saturated heterocycles. The minimum atomic E-state index is -0.780. The number of carbonyl (C=O) groups is 2. The lowest BCUT2D eigenvalue weighted by atomic mass is 9.80. The van der Waals surface area contributed by atoms with E-state index >= 15 is 0 Å². The topological polar surface area (TPSA) is 83.6 Å². The average molecular weight is 242 g/mol. The number of carbonyl (C=O) groups excluding carboxylic acids is 1. The first kappa shape index (κ1) is 14.0. The third-order valence-corrected chi connectivity index (χ3v) is 3.70. The Labute approximate surface area is 102 Å². The van der Waals surface area contributed by atoms with Crippen LogP contribution in [0, 0.1) is 11.3 Å². The van der Waals surface area contributed by atoms with Crippen LogP contribution in [0.5, 0.6) is 0 Å². The maximum atomic E-state index is 12.0. The van der Waals surface area contributed by atoms with Crippen LogP contribution in [-0.2, 0) is 9.59 Å². The third-order valence-electron chi connectivity index (χ3n) is 3.70. The number of aliphatic carboxylic acids is 1. The van der Waals surface area contributed by atoms with Gasteiger partial charge in [-0.05, 0) is 25.7 Å². The van der Waals surface area contributed by atoms with Crippen molar-refractivity contribution in [3.63, 3.8) is 0 Å². The number of nitrogens with zero attached hydrogens (tertiary/aromatic N) is 1. The molecule has 0 aromatic carbocycles. The first-order valence-corrected chi connectivity index (χ1v) is 6.06. The molecule has 1 amide bonds. The van der Waals surface area contributed by atoms with E-state index in [4.69, 9.17) is 10.8 Å². The molecule has 3 N–H and O–H groups in total. The quantitative estimate of drug-likeness (QED) is 0.762. The highest BCUT2D eigenvalue weighted by Gasteiger charge is 2.38. The van der Waals surface area contributed by atoms with E-state index in [1.807, 2.05) is 13.8 Å². The van der Waals surface area contributed by atoms with Gasteiger partial charge in [0.05, 0.1) is 11.5 Å². The van der Waals surface area contributed by atoms with E-state index in [1.165, 1.54) is 0 Å². The molecule has 1 rings (SSSR count). The Morgan fingerprint density at radius 3 is 2.12 bits per heavy atom. The van der Waals surface area contributed by atoms with E-state index < -0.39 is 17.4 Å². The van der Waals surface area contributed by atoms with Crippen LogP contribution in [0.3, 0.4) is 0 Å². The minimum Gasteiger partial charge on any atom is -0.481 e. The van der Waals surface area contributed by atoms with Gasteiger partial charge >= 0.3 is 5.97 Å². The van der Waals surface area contributed by atoms with Gasteiger partial charge in [0.1, 0.15) is 0 Å². The molecule has 0 unspecified atom stereocenters. The van der Waals surface area contributed by atoms with Gasteiger partial charge in [0.2, 0.25) is 5.91 Å². The Balaban J connectivity index is 2.58. The zero-order valence-electron chi connectivity index (χ0n) is 10.8. The molecule has 5 nitrogen and oxygen atoms in total. The normalized spacial score (nSPS) is 21.4. The van der Waals surface area contributed by atoms with E-state index in [-0.39, 0.29) is 11.8 Å². The maximum absolute atomic E-state index is 12.0. The highest BCUT2D eigenvalue weighted by atomic mass is 16.4. The molecule has 5 heteroatoms. The number of carboxylic acids is 1. The summed E-state index contributed by atoms with van der Waals surface area (Å²) in [6.07, 6.45) is 0.998. The summed E-state index contributed by atoms with van der Waals surface area (Å²) in [6.45, 7) is 6.53. The van der Waals surface area contributed by atoms with Crippen molar-refractivity contribution in [3.05, 3.63) is 0 Å². The Morgan fingerprint density at radius 1 is 1.29 bits per heavy atom. The standard InChI is InChI=1S/C12H22N2O3/c1-8(2)9(13)10(15)14-6-4-12(3,5-7-14)11(16)17/h8-9H,4-7,13H2,1-3H3,(H,16,17)/t9-/m1/s1. The second-order valence-corrected chi connectivity index (χ2v) is 5.46. The minimum absolute atomic E-state index is 0.0626. The van der Waals surface area contributed by atoms with Gasteiger partial charge in [0, 0.05) is 13.1 Å². The third kappa shape index (κ3) is 2.97. The summed E-state index contributed by atoms with van der Waals surface area (Å²) in [5, 5.41) is 9.09. The molecule has 1 aliphatic rings. The average Bonchev–Trinajstić information content (AvgIpc) is 2.27. The lowest BCUT2D eigenvalue weighted by molar-refractivity contribution is -0.153. The van der Waals surface area contributed by atoms with E-state index in [9.17, 15) is 9.59 Å². The van der Waals surface area contributed by atoms with Crippen LogP contribution >= 0.6 is 0 Å². The molecule has 98 valence electrons. The number of hydrogen-bond acceptors (Lipinski definition) is 3. The van der Waals surface area contributed by atoms with Crippen molar-refractivity contribution in [2.45, 2.75) is 39.7 Å². The predicted octanol–water partition coefficient (Wildman–Crippen LogP) is 0.683. The number of carboxylic acid groups (broad SMARTS) is 1. The number of amides is 1. The van der Waals surface area contributed by atoms with Crippen molar-refractivity contribution in [3.8, 4) is 0 Å². The molecular formula is C12H22N2O3. The SMILES string of the molecule is CC(C)[C@@H](N)C(=O)N1CCC(C)(C(=O)O)CC1. The van der Waals surface area contributed by atoms with Crippen molar-refractivity contribution in [2.75, 3.05) is 13.1 Å². The van der Waals surface area contributed by atoms with Crippen molar-refractivity contribution in [1.82, 2.24) is 4.90 Å². The molecule has 1 heterocycles. The number of piperidine rings is 1. The van der Waals surface area contributed by atoms with E-state index in [0.29, 0.717) is 25.9 Å². The fraction of sp³-hybridized carbons (Fsp3) is 0.833. The molecule has 1 fully saturated rings. The maximum Gasteiger partial charge on any atom is 0.309 e. The molecule has 0 radical (unpaired) electrons. The highest BCUT2D eigenvalue weighted by Crippen LogP contribution is 2.31. The monoisotopic (exact) mass is 242 g/mol. The van der Waals surface area contributed by atoms with Crippen LogP contribution in [0.2, 0.25) is 0 Å². The van der Waals surface area contributed by atoms with Crippen LogP contribution in [0.4, 0.5) is 0 Å². The molecule has 1 atom stereocenters. The van der Waals surface area contributed by atoms with Gasteiger partial charge in [-0.25, -0.2) is 0 Å². The Hall–Kier alpha value is -1.10. The second kappa shape index (κ2) is 5.04. The molecule has 0 aromatic heterocycles. The van der Waals surface area contributed by atoms with Crippen molar-refractivity contribution in [1.29, 1.82) is 0 Å². The fourth-order valence-electron chi connectivity index (χ4n) is 1.93. The highest BCUT2D eigenvalue weighted by molar-refractivity contribution is 5.82. The Bertz CT molecular complexity index is 307. The summed E-state index contributed by atoms with van der Waals surface area (Å²) in [4.78, 5) is 24.7. The van der Waals surface area contributed by atoms with Crippen LogP contribution in [0.25, 0.3) is 0 Å². The van der Waals surface area contributed by atoms with Gasteiger partial charge in [-0.15, -0.1) is 0 Å². The number of rotatable bonds is 3. The van der Waals surface area contributed by atoms with Crippen molar-refractivity contribution >= 4 is 11.9 Å². The summed E-state index contributed by atoms with van der Waals surface area (Å²) in [5.74, 6) is -0.736. The molecule has 0 spiro atoms. The van der Waals surface area contributed by atoms with E-state index in [2.05, 4.69) is 0 Å². The summed E-state index contributed by atoms with van der Waals surface area (Å²) < 4.78 is 0. The summed E-state index contributed by atoms with van der Waals surface area (Å²) in [5.41, 5.74) is 5.11. The van der Waals surface area contributed by atoms with Gasteiger partial charge < -0.3 is 15.7 Å². The van der Waals surface area contributed by atoms with Gasteiger partial charge in [-0.2, -0.15) is 0 Å². The van der Waals surface area contributed by atoms with Gasteiger partial charge in [0.15, 0.2) is 0 Å². The Morgan fingerprint density at radius 2 is 1.76 bits per heavy atom. The molecule has 0 saturated carbocycles. The van der Waals surface area contributed by atoms with E-state index in [1.54, 1.807) is 11.8 Å². The first-order chi connectivity index (χ1) is 7.78. The molecule has 0 bridgehead atoms. The van der Waals surface area contributed by atoms with Gasteiger partial charge in [-0.1, -0.05) is 13.8 Å². The molecule has 0 aliphatic carbocycles. The number of hydrogen-bond donors (Lipinski definition) is 2. The molecular weight excluding hydrogens is 220 g/mol. The van der Waals surface area contributed by atoms with E-state index in [0.717, 1.165) is 0 Å². The van der Waals surface area contributed by atoms with Crippen LogP contribution in [-0.4, -0.2) is 41.0 Å². The van der Waals surface area contributed by atoms with Crippen molar-refractivity contribution < 1.29 is 14.7 Å². The molecule has 1 aliphatic heterocycles. The predicted molar refractivity (Wildman–Crippen MR) is 64.4 cm³/mol. The summed E-state index contributed by atoms with van der Waals surface area (Å²) in [7, 11) is 0. The number of nitrogens with two attached hydrogens (primary N) is 1. The van der Waals surface area contributed by atoms with Crippen LogP contribution < -0.4 is 5.73 Å². The molecule has 17 heavy (non-hydrogen) atoms. The zero-order valence-corrected chi connectivity index (χ0v) is 10.8. The second-order valence-electron chi connectivity index (χ2n) is 5.46. The first-order valence-electron chi connectivity index (χ1n) is 6.06. The van der Waals surface area contributed by atoms with Gasteiger partial charge in [0.25, 0.3) is 0 Å². The summed E-state index contributed by atoms with van der Waals surface area (Å²) >= 11 is 0. The lowest BCUT2D eigenvalue weighted by Crippen LogP contribution is -2.51. The smallest absolute Gasteiger partial charge is 0.309 e. The van der Waals surface area contributed by atoms with Crippen LogP contribution in [0.15, 0.2) is 0 Å². The van der Waals surface area contributed by atoms with Crippen molar-refractivity contribution in [2.24, 2.45) is 17.1 Å². The Kier molecular flexibility index (Phi) is 4.14. The number of likely N-dealkylation sites (tertiary alicyclic amines) is 1. The zero-order chi connectivity index (χ0) is 13.2. The lowest BCUT2D eigenvalue weighted by Gasteiger charge is -2.37. The summed E-state index contributed by atoms with van der Waals surface area (Å²) in [6, 6.07) is -0.482. The largest absolute Gasteiger partial charge is 0.481 e. The fourth-order valence-corrected chi connectivity index (χ4v) is 1.93. The van der Waals surface area contributed by atoms with Crippen LogP contribution in [0.1, 0.15) is 33.6 Å². The molecule has 0 aromatic rings. The van der Waals surface area contributed by atoms with Gasteiger partial charge in [-0.3, -0.25) is 9.59 Å².